The fourth-order valence-corrected chi connectivity index (χ4v) is 4.94. The van der Waals surface area contributed by atoms with Crippen LogP contribution in [0, 0.1) is 5.41 Å². The van der Waals surface area contributed by atoms with E-state index in [2.05, 4.69) is 15.3 Å². The number of ketones is 1. The molecule has 1 spiro atoms. The van der Waals surface area contributed by atoms with Crippen molar-refractivity contribution in [1.29, 1.82) is 0 Å². The molecule has 1 aromatic heterocycles. The highest BCUT2D eigenvalue weighted by Gasteiger charge is 2.53. The first kappa shape index (κ1) is 22.4. The summed E-state index contributed by atoms with van der Waals surface area (Å²) in [5.41, 5.74) is 1.63. The first-order valence-corrected chi connectivity index (χ1v) is 11.1. The van der Waals surface area contributed by atoms with Crippen LogP contribution in [0.5, 0.6) is 0 Å². The van der Waals surface area contributed by atoms with Gasteiger partial charge in [-0.3, -0.25) is 19.6 Å². The molecular formula is C23H21Cl2N3O4. The maximum Gasteiger partial charge on any atom is 0.328 e. The average Bonchev–Trinajstić information content (AvgIpc) is 3.27. The lowest BCUT2D eigenvalue weighted by Gasteiger charge is -2.38. The molecule has 2 aliphatic carbocycles. The zero-order valence-electron chi connectivity index (χ0n) is 17.1. The van der Waals surface area contributed by atoms with Gasteiger partial charge < -0.3 is 10.4 Å². The quantitative estimate of drug-likeness (QED) is 0.636. The number of pyridine rings is 1. The predicted octanol–water partition coefficient (Wildman–Crippen LogP) is 4.61. The maximum absolute atomic E-state index is 12.5. The molecule has 2 aromatic rings. The Morgan fingerprint density at radius 1 is 1.12 bits per heavy atom. The van der Waals surface area contributed by atoms with E-state index < -0.39 is 23.3 Å². The number of anilines is 1. The molecule has 1 amide bonds. The van der Waals surface area contributed by atoms with Crippen LogP contribution in [-0.4, -0.2) is 39.5 Å². The van der Waals surface area contributed by atoms with E-state index in [1.807, 2.05) is 0 Å². The minimum atomic E-state index is -1.02. The molecule has 1 aromatic carbocycles. The second-order valence-corrected chi connectivity index (χ2v) is 8.97. The molecular weight excluding hydrogens is 453 g/mol. The number of carbonyl (C=O) groups is 3. The highest BCUT2D eigenvalue weighted by Crippen LogP contribution is 2.48. The zero-order chi connectivity index (χ0) is 22.9. The second kappa shape index (κ2) is 9.00. The topological polar surface area (TPSA) is 109 Å². The smallest absolute Gasteiger partial charge is 0.328 e. The third kappa shape index (κ3) is 4.27. The van der Waals surface area contributed by atoms with Crippen LogP contribution in [-0.2, 0) is 16.0 Å². The molecule has 1 heterocycles. The summed E-state index contributed by atoms with van der Waals surface area (Å²) in [5.74, 6) is -1.31. The fraction of sp³-hybridized carbons (Fsp3) is 0.348. The van der Waals surface area contributed by atoms with Gasteiger partial charge in [-0.15, -0.1) is 0 Å². The van der Waals surface area contributed by atoms with E-state index >= 15 is 0 Å². The second-order valence-electron chi connectivity index (χ2n) is 8.15. The van der Waals surface area contributed by atoms with Crippen LogP contribution in [0.4, 0.5) is 5.69 Å². The molecule has 0 bridgehead atoms. The third-order valence-corrected chi connectivity index (χ3v) is 6.76. The standard InChI is InChI=1S/C23H21Cl2N3O4/c24-15-11-26-12-16(25)20(15)21(30)27-14-5-3-13(4-6-14)9-17(22(31)32)28-18-10-19(29)23(18)7-1-2-8-23/h3-6,11-12,17H,1-2,7-10H2,(H,27,30)(H,31,32)/t17-/m0/s1. The van der Waals surface area contributed by atoms with E-state index in [-0.39, 0.29) is 34.2 Å². The lowest BCUT2D eigenvalue weighted by molar-refractivity contribution is -0.138. The van der Waals surface area contributed by atoms with Gasteiger partial charge in [-0.2, -0.15) is 0 Å². The monoisotopic (exact) mass is 473 g/mol. The predicted molar refractivity (Wildman–Crippen MR) is 122 cm³/mol. The summed E-state index contributed by atoms with van der Waals surface area (Å²) in [7, 11) is 0. The Morgan fingerprint density at radius 3 is 2.31 bits per heavy atom. The molecule has 0 saturated heterocycles. The van der Waals surface area contributed by atoms with Crippen LogP contribution in [0.3, 0.4) is 0 Å². The van der Waals surface area contributed by atoms with Crippen molar-refractivity contribution >= 4 is 52.3 Å². The van der Waals surface area contributed by atoms with Gasteiger partial charge in [0.2, 0.25) is 0 Å². The lowest BCUT2D eigenvalue weighted by atomic mass is 9.64. The van der Waals surface area contributed by atoms with Gasteiger partial charge in [0, 0.05) is 36.6 Å². The van der Waals surface area contributed by atoms with Crippen molar-refractivity contribution in [2.45, 2.75) is 44.6 Å². The number of benzene rings is 1. The average molecular weight is 474 g/mol. The number of carboxylic acids is 1. The first-order valence-electron chi connectivity index (χ1n) is 10.3. The molecule has 2 fully saturated rings. The van der Waals surface area contributed by atoms with Crippen LogP contribution >= 0.6 is 23.2 Å². The lowest BCUT2D eigenvalue weighted by Crippen LogP contribution is -2.49. The van der Waals surface area contributed by atoms with Crippen molar-refractivity contribution in [3.8, 4) is 0 Å². The number of aliphatic carboxylic acids is 1. The summed E-state index contributed by atoms with van der Waals surface area (Å²) in [5, 5.41) is 12.7. The summed E-state index contributed by atoms with van der Waals surface area (Å²) in [4.78, 5) is 44.8. The van der Waals surface area contributed by atoms with Crippen LogP contribution in [0.2, 0.25) is 10.0 Å². The molecule has 2 N–H and O–H groups in total. The largest absolute Gasteiger partial charge is 0.480 e. The number of nitrogens with zero attached hydrogens (tertiary/aromatic N) is 2. The minimum absolute atomic E-state index is 0.130. The van der Waals surface area contributed by atoms with Crippen LogP contribution in [0.15, 0.2) is 41.7 Å². The molecule has 7 nitrogen and oxygen atoms in total. The van der Waals surface area contributed by atoms with Gasteiger partial charge in [0.25, 0.3) is 5.91 Å². The number of hydrogen-bond acceptors (Lipinski definition) is 5. The number of aromatic nitrogens is 1. The highest BCUT2D eigenvalue weighted by atomic mass is 35.5. The number of hydrogen-bond donors (Lipinski definition) is 2. The van der Waals surface area contributed by atoms with E-state index in [4.69, 9.17) is 23.2 Å². The Bertz CT molecular complexity index is 1090. The van der Waals surface area contributed by atoms with Crippen LogP contribution < -0.4 is 5.32 Å². The SMILES string of the molecule is O=C(Nc1ccc(C[C@H](N=C2CC(=O)C23CCCC3)C(=O)O)cc1)c1c(Cl)cncc1Cl. The fourth-order valence-electron chi connectivity index (χ4n) is 4.41. The molecule has 9 heteroatoms. The minimum Gasteiger partial charge on any atom is -0.480 e. The Kier molecular flexibility index (Phi) is 6.31. The van der Waals surface area contributed by atoms with E-state index in [0.29, 0.717) is 5.69 Å². The molecule has 166 valence electrons. The molecule has 32 heavy (non-hydrogen) atoms. The van der Waals surface area contributed by atoms with E-state index in [1.165, 1.54) is 12.4 Å². The summed E-state index contributed by atoms with van der Waals surface area (Å²) < 4.78 is 0. The van der Waals surface area contributed by atoms with Crippen molar-refractivity contribution in [1.82, 2.24) is 4.98 Å². The third-order valence-electron chi connectivity index (χ3n) is 6.19. The number of amides is 1. The number of halogens is 2. The first-order chi connectivity index (χ1) is 15.3. The van der Waals surface area contributed by atoms with Crippen molar-refractivity contribution in [2.24, 2.45) is 10.4 Å². The number of rotatable bonds is 6. The molecule has 0 aliphatic heterocycles. The molecule has 1 atom stereocenters. The number of Topliss-reactive ketones (excluding diaryl/α,β-unsaturated/α-hetero) is 1. The number of nitrogens with one attached hydrogen (secondary N) is 1. The molecule has 2 aliphatic rings. The van der Waals surface area contributed by atoms with Gasteiger partial charge in [0.1, 0.15) is 5.78 Å². The number of aliphatic imine (C=N–C) groups is 1. The highest BCUT2D eigenvalue weighted by molar-refractivity contribution is 6.40. The van der Waals surface area contributed by atoms with Crippen molar-refractivity contribution in [2.75, 3.05) is 5.32 Å². The van der Waals surface area contributed by atoms with Crippen LogP contribution in [0.25, 0.3) is 0 Å². The van der Waals surface area contributed by atoms with Crippen molar-refractivity contribution in [3.05, 3.63) is 57.8 Å². The Morgan fingerprint density at radius 2 is 1.75 bits per heavy atom. The summed E-state index contributed by atoms with van der Waals surface area (Å²) >= 11 is 12.0. The number of carboxylic acid groups (broad SMARTS) is 1. The number of carbonyl (C=O) groups excluding carboxylic acids is 2. The van der Waals surface area contributed by atoms with Gasteiger partial charge >= 0.3 is 5.97 Å². The Labute approximate surface area is 194 Å². The molecule has 0 radical (unpaired) electrons. The summed E-state index contributed by atoms with van der Waals surface area (Å²) in [6.45, 7) is 0. The van der Waals surface area contributed by atoms with E-state index in [9.17, 15) is 19.5 Å². The van der Waals surface area contributed by atoms with Crippen molar-refractivity contribution in [3.63, 3.8) is 0 Å². The van der Waals surface area contributed by atoms with Gasteiger partial charge in [-0.05, 0) is 30.5 Å². The van der Waals surface area contributed by atoms with Gasteiger partial charge in [0.15, 0.2) is 6.04 Å². The van der Waals surface area contributed by atoms with E-state index in [1.54, 1.807) is 24.3 Å². The normalized spacial score (nSPS) is 19.1. The van der Waals surface area contributed by atoms with Crippen LogP contribution in [0.1, 0.15) is 48.0 Å². The van der Waals surface area contributed by atoms with E-state index in [0.717, 1.165) is 37.0 Å². The summed E-state index contributed by atoms with van der Waals surface area (Å²) in [6.07, 6.45) is 6.63. The Hall–Kier alpha value is -2.77. The summed E-state index contributed by atoms with van der Waals surface area (Å²) in [6, 6.07) is 5.86. The molecule has 4 rings (SSSR count). The zero-order valence-corrected chi connectivity index (χ0v) is 18.6. The Balaban J connectivity index is 1.45. The van der Waals surface area contributed by atoms with Gasteiger partial charge in [-0.25, -0.2) is 4.79 Å². The molecule has 2 saturated carbocycles. The maximum atomic E-state index is 12.5. The van der Waals surface area contributed by atoms with Crippen molar-refractivity contribution < 1.29 is 19.5 Å². The molecule has 0 unspecified atom stereocenters. The van der Waals surface area contributed by atoms with Gasteiger partial charge in [0.05, 0.1) is 21.0 Å². The van der Waals surface area contributed by atoms with Gasteiger partial charge in [-0.1, -0.05) is 48.2 Å².